The van der Waals surface area contributed by atoms with Crippen molar-refractivity contribution in [2.75, 3.05) is 6.73 Å². The summed E-state index contributed by atoms with van der Waals surface area (Å²) in [7, 11) is 0. The van der Waals surface area contributed by atoms with E-state index in [4.69, 9.17) is 4.74 Å². The summed E-state index contributed by atoms with van der Waals surface area (Å²) in [6.07, 6.45) is 10.1. The monoisotopic (exact) mass is 235 g/mol. The van der Waals surface area contributed by atoms with Crippen molar-refractivity contribution in [2.24, 2.45) is 5.41 Å². The number of ether oxygens (including phenoxy) is 1. The zero-order valence-electron chi connectivity index (χ0n) is 11.0. The maximum absolute atomic E-state index is 10.3. The smallest absolute Gasteiger partial charge is 0.143 e. The molecule has 0 spiro atoms. The first-order valence-electron chi connectivity index (χ1n) is 5.82. The maximum Gasteiger partial charge on any atom is 0.143 e. The Morgan fingerprint density at radius 2 is 1.94 bits per heavy atom. The van der Waals surface area contributed by atoms with Gasteiger partial charge in [0.2, 0.25) is 0 Å². The Bertz CT molecular complexity index is 332. The Hall–Kier alpha value is -1.35. The van der Waals surface area contributed by atoms with Crippen LogP contribution in [-0.4, -0.2) is 24.0 Å². The van der Waals surface area contributed by atoms with Gasteiger partial charge in [-0.2, -0.15) is 0 Å². The zero-order chi connectivity index (χ0) is 12.9. The van der Waals surface area contributed by atoms with Crippen molar-refractivity contribution in [3.63, 3.8) is 0 Å². The minimum atomic E-state index is 0.145. The molecule has 0 aliphatic carbocycles. The van der Waals surface area contributed by atoms with Crippen LogP contribution in [0.15, 0.2) is 36.2 Å². The average Bonchev–Trinajstić information content (AvgIpc) is 2.27. The Morgan fingerprint density at radius 1 is 1.35 bits per heavy atom. The summed E-state index contributed by atoms with van der Waals surface area (Å²) in [5, 5.41) is 0. The highest BCUT2D eigenvalue weighted by molar-refractivity contribution is 5.68. The Morgan fingerprint density at radius 3 is 2.41 bits per heavy atom. The summed E-state index contributed by atoms with van der Waals surface area (Å²) < 4.78 is 5.78. The quantitative estimate of drug-likeness (QED) is 0.554. The van der Waals surface area contributed by atoms with E-state index < -0.39 is 0 Å². The van der Waals surface area contributed by atoms with Gasteiger partial charge in [-0.3, -0.25) is 4.79 Å². The van der Waals surface area contributed by atoms with E-state index in [9.17, 15) is 4.79 Å². The van der Waals surface area contributed by atoms with Gasteiger partial charge in [-0.05, 0) is 36.1 Å². The molecular weight excluding hydrogens is 214 g/mol. The maximum atomic E-state index is 10.3. The molecule has 1 aliphatic heterocycles. The van der Waals surface area contributed by atoms with E-state index in [0.29, 0.717) is 6.73 Å². The van der Waals surface area contributed by atoms with Crippen LogP contribution in [0.4, 0.5) is 0 Å². The van der Waals surface area contributed by atoms with Gasteiger partial charge in [0.1, 0.15) is 13.0 Å². The minimum absolute atomic E-state index is 0.145. The summed E-state index contributed by atoms with van der Waals surface area (Å²) in [5.41, 5.74) is 1.05. The first-order valence-corrected chi connectivity index (χ1v) is 5.82. The van der Waals surface area contributed by atoms with Crippen LogP contribution in [0.1, 0.15) is 27.7 Å². The molecular formula is C14H21NO2. The minimum Gasteiger partial charge on any atom is -0.357 e. The number of carbonyl (C=O) groups excluding carboxylic acids is 1. The number of rotatable bonds is 4. The molecule has 0 amide bonds. The Labute approximate surface area is 103 Å². The molecule has 0 saturated heterocycles. The first kappa shape index (κ1) is 13.7. The highest BCUT2D eigenvalue weighted by Crippen LogP contribution is 2.22. The third-order valence-corrected chi connectivity index (χ3v) is 2.87. The third-order valence-electron chi connectivity index (χ3n) is 2.87. The lowest BCUT2D eigenvalue weighted by atomic mass is 9.90. The van der Waals surface area contributed by atoms with E-state index in [-0.39, 0.29) is 11.5 Å². The molecule has 0 aromatic rings. The van der Waals surface area contributed by atoms with Crippen molar-refractivity contribution in [1.82, 2.24) is 4.90 Å². The van der Waals surface area contributed by atoms with Gasteiger partial charge in [-0.15, -0.1) is 0 Å². The number of nitrogens with zero attached hydrogens (tertiary/aromatic N) is 1. The molecule has 94 valence electrons. The van der Waals surface area contributed by atoms with Crippen molar-refractivity contribution in [2.45, 2.75) is 33.8 Å². The summed E-state index contributed by atoms with van der Waals surface area (Å²) in [6.45, 7) is 9.08. The number of aldehydes is 1. The molecule has 1 aliphatic rings. The number of carbonyl (C=O) groups is 1. The highest BCUT2D eigenvalue weighted by Gasteiger charge is 2.20. The van der Waals surface area contributed by atoms with Gasteiger partial charge in [-0.1, -0.05) is 20.8 Å². The lowest BCUT2D eigenvalue weighted by Gasteiger charge is -2.29. The summed E-state index contributed by atoms with van der Waals surface area (Å²) in [6, 6.07) is 0. The Balaban J connectivity index is 2.42. The van der Waals surface area contributed by atoms with Crippen LogP contribution in [0.3, 0.4) is 0 Å². The molecule has 0 bridgehead atoms. The summed E-state index contributed by atoms with van der Waals surface area (Å²) in [4.78, 5) is 12.2. The summed E-state index contributed by atoms with van der Waals surface area (Å²) in [5.74, 6) is 0. The van der Waals surface area contributed by atoms with Crippen molar-refractivity contribution < 1.29 is 9.53 Å². The molecule has 0 radical (unpaired) electrons. The molecule has 0 N–H and O–H groups in total. The molecule has 0 fully saturated rings. The molecule has 3 nitrogen and oxygen atoms in total. The van der Waals surface area contributed by atoms with E-state index >= 15 is 0 Å². The van der Waals surface area contributed by atoms with E-state index in [1.165, 1.54) is 6.08 Å². The molecule has 1 heterocycles. The van der Waals surface area contributed by atoms with Gasteiger partial charge < -0.3 is 9.64 Å². The fraction of sp³-hybridized carbons (Fsp3) is 0.500. The normalized spacial score (nSPS) is 17.2. The number of hydrogen-bond donors (Lipinski definition) is 0. The van der Waals surface area contributed by atoms with Crippen LogP contribution < -0.4 is 0 Å². The van der Waals surface area contributed by atoms with Crippen LogP contribution in [0.2, 0.25) is 0 Å². The van der Waals surface area contributed by atoms with Crippen LogP contribution >= 0.6 is 0 Å². The number of allylic oxidation sites excluding steroid dienone is 4. The molecule has 1 atom stereocenters. The lowest BCUT2D eigenvalue weighted by molar-refractivity contribution is -0.104. The van der Waals surface area contributed by atoms with Crippen LogP contribution in [-0.2, 0) is 9.53 Å². The predicted molar refractivity (Wildman–Crippen MR) is 69.1 cm³/mol. The molecule has 0 aromatic heterocycles. The molecule has 17 heavy (non-hydrogen) atoms. The van der Waals surface area contributed by atoms with Crippen molar-refractivity contribution in [1.29, 1.82) is 0 Å². The van der Waals surface area contributed by atoms with Gasteiger partial charge in [0.25, 0.3) is 0 Å². The van der Waals surface area contributed by atoms with E-state index in [2.05, 4.69) is 27.7 Å². The van der Waals surface area contributed by atoms with E-state index in [1.807, 2.05) is 29.5 Å². The molecule has 1 unspecified atom stereocenters. The fourth-order valence-electron chi connectivity index (χ4n) is 1.19. The van der Waals surface area contributed by atoms with Crippen LogP contribution in [0.25, 0.3) is 0 Å². The van der Waals surface area contributed by atoms with Crippen molar-refractivity contribution in [3.05, 3.63) is 36.2 Å². The third kappa shape index (κ3) is 4.57. The van der Waals surface area contributed by atoms with Gasteiger partial charge in [0.15, 0.2) is 0 Å². The fourth-order valence-corrected chi connectivity index (χ4v) is 1.19. The van der Waals surface area contributed by atoms with Gasteiger partial charge in [0.05, 0.1) is 6.10 Å². The lowest BCUT2D eigenvalue weighted by Crippen LogP contribution is -2.30. The second-order valence-electron chi connectivity index (χ2n) is 5.25. The standard InChI is InChI=1S/C14H21NO2/c1-12(14(2,3)4)17-11-15-8-5-13(6-9-15)7-10-16/h5-10,12H,11H2,1-4H3. The molecule has 0 aromatic carbocycles. The van der Waals surface area contributed by atoms with Crippen LogP contribution in [0.5, 0.6) is 0 Å². The van der Waals surface area contributed by atoms with Crippen molar-refractivity contribution in [3.8, 4) is 0 Å². The van der Waals surface area contributed by atoms with Crippen molar-refractivity contribution >= 4 is 6.29 Å². The topological polar surface area (TPSA) is 29.5 Å². The summed E-state index contributed by atoms with van der Waals surface area (Å²) >= 11 is 0. The second-order valence-corrected chi connectivity index (χ2v) is 5.25. The first-order chi connectivity index (χ1) is 7.93. The predicted octanol–water partition coefficient (Wildman–Crippen LogP) is 2.86. The Kier molecular flexibility index (Phi) is 4.70. The van der Waals surface area contributed by atoms with Gasteiger partial charge in [-0.25, -0.2) is 0 Å². The molecule has 1 rings (SSSR count). The van der Waals surface area contributed by atoms with Gasteiger partial charge in [0, 0.05) is 12.4 Å². The average molecular weight is 235 g/mol. The second kappa shape index (κ2) is 5.82. The van der Waals surface area contributed by atoms with E-state index in [0.717, 1.165) is 11.9 Å². The molecule has 0 saturated carbocycles. The highest BCUT2D eigenvalue weighted by atomic mass is 16.5. The van der Waals surface area contributed by atoms with E-state index in [1.54, 1.807) is 0 Å². The largest absolute Gasteiger partial charge is 0.357 e. The molecule has 3 heteroatoms. The number of hydrogen-bond acceptors (Lipinski definition) is 3. The SMILES string of the molecule is CC(OCN1C=CC(=CC=O)C=C1)C(C)(C)C. The van der Waals surface area contributed by atoms with Gasteiger partial charge >= 0.3 is 0 Å². The zero-order valence-corrected chi connectivity index (χ0v) is 11.0. The van der Waals surface area contributed by atoms with Crippen LogP contribution in [0, 0.1) is 5.41 Å².